The summed E-state index contributed by atoms with van der Waals surface area (Å²) < 4.78 is 7.12. The second-order valence-corrected chi connectivity index (χ2v) is 3.81. The Morgan fingerprint density at radius 1 is 1.80 bits per heavy atom. The molecule has 1 N–H and O–H groups in total. The molecule has 0 aliphatic carbocycles. The number of ether oxygens (including phenoxy) is 1. The largest absolute Gasteiger partial charge is 0.381 e. The molecule has 1 amide bonds. The number of rotatable bonds is 3. The first-order valence-electron chi connectivity index (χ1n) is 5.13. The molecular formula is C10H15N3O2. The van der Waals surface area contributed by atoms with Crippen LogP contribution in [0.3, 0.4) is 0 Å². The maximum Gasteiger partial charge on any atom is 0.222 e. The van der Waals surface area contributed by atoms with Crippen LogP contribution in [0.4, 0.5) is 5.82 Å². The summed E-state index contributed by atoms with van der Waals surface area (Å²) in [6.45, 7) is 3.93. The van der Waals surface area contributed by atoms with Gasteiger partial charge in [-0.3, -0.25) is 4.79 Å². The molecule has 1 aromatic rings. The Kier molecular flexibility index (Phi) is 3.01. The molecule has 5 heteroatoms. The molecule has 1 fully saturated rings. The maximum atomic E-state index is 10.9. The van der Waals surface area contributed by atoms with Gasteiger partial charge >= 0.3 is 0 Å². The Balaban J connectivity index is 2.00. The minimum atomic E-state index is -0.0700. The van der Waals surface area contributed by atoms with Gasteiger partial charge in [-0.1, -0.05) is 0 Å². The highest BCUT2D eigenvalue weighted by molar-refractivity contribution is 5.87. The summed E-state index contributed by atoms with van der Waals surface area (Å²) in [5.41, 5.74) is 0. The molecule has 0 unspecified atom stereocenters. The van der Waals surface area contributed by atoms with E-state index in [1.807, 2.05) is 4.68 Å². The average Bonchev–Trinajstić information content (AvgIpc) is 2.78. The number of hydrogen-bond acceptors (Lipinski definition) is 3. The molecule has 2 heterocycles. The number of hydrogen-bond donors (Lipinski definition) is 1. The summed E-state index contributed by atoms with van der Waals surface area (Å²) in [4.78, 5) is 10.9. The number of nitrogens with one attached hydrogen (secondary N) is 1. The lowest BCUT2D eigenvalue weighted by Crippen LogP contribution is -2.16. The normalized spacial score (nSPS) is 20.5. The molecule has 1 saturated heterocycles. The third kappa shape index (κ3) is 2.56. The van der Waals surface area contributed by atoms with E-state index in [0.29, 0.717) is 5.92 Å². The molecule has 0 bridgehead atoms. The highest BCUT2D eigenvalue weighted by Crippen LogP contribution is 2.17. The molecule has 1 atom stereocenters. The fraction of sp³-hybridized carbons (Fsp3) is 0.600. The molecule has 0 spiro atoms. The van der Waals surface area contributed by atoms with Crippen LogP contribution in [0.2, 0.25) is 0 Å². The van der Waals surface area contributed by atoms with E-state index in [1.54, 1.807) is 12.3 Å². The summed E-state index contributed by atoms with van der Waals surface area (Å²) in [5.74, 6) is 1.20. The van der Waals surface area contributed by atoms with E-state index in [9.17, 15) is 4.79 Å². The number of amides is 1. The van der Waals surface area contributed by atoms with Crippen molar-refractivity contribution in [3.63, 3.8) is 0 Å². The second kappa shape index (κ2) is 4.44. The van der Waals surface area contributed by atoms with Gasteiger partial charge in [0, 0.05) is 32.1 Å². The van der Waals surface area contributed by atoms with E-state index in [-0.39, 0.29) is 5.91 Å². The maximum absolute atomic E-state index is 10.9. The third-order valence-corrected chi connectivity index (χ3v) is 2.48. The van der Waals surface area contributed by atoms with Crippen molar-refractivity contribution in [2.45, 2.75) is 19.9 Å². The van der Waals surface area contributed by atoms with Gasteiger partial charge in [-0.25, -0.2) is 4.68 Å². The van der Waals surface area contributed by atoms with E-state index in [1.165, 1.54) is 6.92 Å². The lowest BCUT2D eigenvalue weighted by molar-refractivity contribution is -0.114. The zero-order valence-electron chi connectivity index (χ0n) is 8.77. The number of carbonyl (C=O) groups excluding carboxylic acids is 1. The van der Waals surface area contributed by atoms with E-state index < -0.39 is 0 Å². The number of nitrogens with zero attached hydrogens (tertiary/aromatic N) is 2. The van der Waals surface area contributed by atoms with Crippen molar-refractivity contribution in [3.8, 4) is 0 Å². The van der Waals surface area contributed by atoms with Gasteiger partial charge in [0.1, 0.15) is 5.82 Å². The molecule has 1 aliphatic heterocycles. The van der Waals surface area contributed by atoms with Gasteiger partial charge < -0.3 is 10.1 Å². The molecule has 15 heavy (non-hydrogen) atoms. The number of carbonyl (C=O) groups is 1. The lowest BCUT2D eigenvalue weighted by atomic mass is 10.1. The van der Waals surface area contributed by atoms with Crippen molar-refractivity contribution in [2.24, 2.45) is 5.92 Å². The van der Waals surface area contributed by atoms with Crippen molar-refractivity contribution >= 4 is 11.7 Å². The Morgan fingerprint density at radius 3 is 3.33 bits per heavy atom. The van der Waals surface area contributed by atoms with Crippen molar-refractivity contribution in [3.05, 3.63) is 12.3 Å². The summed E-state index contributed by atoms with van der Waals surface area (Å²) in [5, 5.41) is 6.93. The first kappa shape index (κ1) is 10.2. The van der Waals surface area contributed by atoms with E-state index in [4.69, 9.17) is 4.74 Å². The first-order chi connectivity index (χ1) is 7.25. The third-order valence-electron chi connectivity index (χ3n) is 2.48. The van der Waals surface area contributed by atoms with Gasteiger partial charge in [-0.05, 0) is 6.42 Å². The van der Waals surface area contributed by atoms with Crippen molar-refractivity contribution < 1.29 is 9.53 Å². The molecule has 1 aliphatic rings. The van der Waals surface area contributed by atoms with Crippen molar-refractivity contribution in [2.75, 3.05) is 18.5 Å². The first-order valence-corrected chi connectivity index (χ1v) is 5.13. The van der Waals surface area contributed by atoms with Crippen LogP contribution in [0, 0.1) is 5.92 Å². The topological polar surface area (TPSA) is 56.2 Å². The monoisotopic (exact) mass is 209 g/mol. The van der Waals surface area contributed by atoms with Gasteiger partial charge in [0.05, 0.1) is 12.8 Å². The van der Waals surface area contributed by atoms with Gasteiger partial charge in [0.25, 0.3) is 0 Å². The Bertz CT molecular complexity index is 342. The SMILES string of the molecule is CC(=O)Nc1ccnn1C[C@H]1CCOC1. The van der Waals surface area contributed by atoms with Crippen LogP contribution >= 0.6 is 0 Å². The summed E-state index contributed by atoms with van der Waals surface area (Å²) in [6, 6.07) is 1.80. The van der Waals surface area contributed by atoms with Crippen LogP contribution < -0.4 is 5.32 Å². The quantitative estimate of drug-likeness (QED) is 0.804. The average molecular weight is 209 g/mol. The molecule has 0 saturated carbocycles. The lowest BCUT2D eigenvalue weighted by Gasteiger charge is -2.11. The zero-order valence-corrected chi connectivity index (χ0v) is 8.77. The van der Waals surface area contributed by atoms with Crippen LogP contribution in [-0.2, 0) is 16.1 Å². The fourth-order valence-corrected chi connectivity index (χ4v) is 1.74. The van der Waals surface area contributed by atoms with Crippen LogP contribution in [-0.4, -0.2) is 28.9 Å². The minimum absolute atomic E-state index is 0.0700. The standard InChI is InChI=1S/C10H15N3O2/c1-8(14)12-10-2-4-11-13(10)6-9-3-5-15-7-9/h2,4,9H,3,5-7H2,1H3,(H,12,14)/t9-/m1/s1. The molecule has 0 radical (unpaired) electrons. The predicted octanol–water partition coefficient (Wildman–Crippen LogP) is 0.878. The Labute approximate surface area is 88.4 Å². The van der Waals surface area contributed by atoms with Gasteiger partial charge in [-0.15, -0.1) is 0 Å². The zero-order chi connectivity index (χ0) is 10.7. The number of aromatic nitrogens is 2. The van der Waals surface area contributed by atoms with E-state index in [0.717, 1.165) is 32.0 Å². The predicted molar refractivity (Wildman–Crippen MR) is 55.5 cm³/mol. The van der Waals surface area contributed by atoms with Gasteiger partial charge in [-0.2, -0.15) is 5.10 Å². The minimum Gasteiger partial charge on any atom is -0.381 e. The highest BCUT2D eigenvalue weighted by atomic mass is 16.5. The van der Waals surface area contributed by atoms with Crippen molar-refractivity contribution in [1.82, 2.24) is 9.78 Å². The van der Waals surface area contributed by atoms with E-state index >= 15 is 0 Å². The van der Waals surface area contributed by atoms with Crippen LogP contribution in [0.25, 0.3) is 0 Å². The molecule has 1 aromatic heterocycles. The van der Waals surface area contributed by atoms with Crippen LogP contribution in [0.15, 0.2) is 12.3 Å². The van der Waals surface area contributed by atoms with Crippen LogP contribution in [0.5, 0.6) is 0 Å². The molecule has 5 nitrogen and oxygen atoms in total. The van der Waals surface area contributed by atoms with Gasteiger partial charge in [0.15, 0.2) is 0 Å². The Morgan fingerprint density at radius 2 is 2.67 bits per heavy atom. The summed E-state index contributed by atoms with van der Waals surface area (Å²) in [6.07, 6.45) is 2.76. The summed E-state index contributed by atoms with van der Waals surface area (Å²) in [7, 11) is 0. The van der Waals surface area contributed by atoms with Crippen molar-refractivity contribution in [1.29, 1.82) is 0 Å². The summed E-state index contributed by atoms with van der Waals surface area (Å²) >= 11 is 0. The smallest absolute Gasteiger partial charge is 0.222 e. The molecule has 2 rings (SSSR count). The molecule has 82 valence electrons. The Hall–Kier alpha value is -1.36. The highest BCUT2D eigenvalue weighted by Gasteiger charge is 2.17. The van der Waals surface area contributed by atoms with Gasteiger partial charge in [0.2, 0.25) is 5.91 Å². The molecular weight excluding hydrogens is 194 g/mol. The fourth-order valence-electron chi connectivity index (χ4n) is 1.74. The second-order valence-electron chi connectivity index (χ2n) is 3.81. The van der Waals surface area contributed by atoms with E-state index in [2.05, 4.69) is 10.4 Å². The van der Waals surface area contributed by atoms with Crippen LogP contribution in [0.1, 0.15) is 13.3 Å². The molecule has 0 aromatic carbocycles. The number of anilines is 1.